The number of benzene rings is 1. The summed E-state index contributed by atoms with van der Waals surface area (Å²) in [6.45, 7) is 0.901. The fourth-order valence-corrected chi connectivity index (χ4v) is 1.97. The first kappa shape index (κ1) is 9.28. The van der Waals surface area contributed by atoms with Crippen LogP contribution in [0.2, 0.25) is 0 Å². The smallest absolute Gasteiger partial charge is 0.115 e. The first-order valence-electron chi connectivity index (χ1n) is 4.97. The van der Waals surface area contributed by atoms with Crippen LogP contribution in [-0.2, 0) is 6.42 Å². The molecule has 0 saturated heterocycles. The molecule has 0 atom stereocenters. The quantitative estimate of drug-likeness (QED) is 0.745. The summed E-state index contributed by atoms with van der Waals surface area (Å²) in [6.07, 6.45) is 4.39. The molecule has 2 heteroatoms. The Morgan fingerprint density at radius 1 is 1.43 bits per heavy atom. The molecule has 1 aliphatic rings. The van der Waals surface area contributed by atoms with E-state index in [1.807, 2.05) is 19.2 Å². The summed E-state index contributed by atoms with van der Waals surface area (Å²) in [7, 11) is 1.95. The third-order valence-corrected chi connectivity index (χ3v) is 2.61. The molecule has 0 radical (unpaired) electrons. The van der Waals surface area contributed by atoms with Crippen LogP contribution in [0.3, 0.4) is 0 Å². The van der Waals surface area contributed by atoms with Crippen LogP contribution < -0.4 is 5.32 Å². The molecule has 0 aromatic heterocycles. The molecule has 2 nitrogen and oxygen atoms in total. The Morgan fingerprint density at radius 3 is 3.07 bits per heavy atom. The first-order chi connectivity index (χ1) is 6.81. The number of hydrogen-bond acceptors (Lipinski definition) is 2. The normalized spacial score (nSPS) is 14.8. The van der Waals surface area contributed by atoms with Crippen molar-refractivity contribution in [3.63, 3.8) is 0 Å². The average molecular weight is 189 g/mol. The Hall–Kier alpha value is -1.28. The van der Waals surface area contributed by atoms with Gasteiger partial charge in [0, 0.05) is 6.54 Å². The van der Waals surface area contributed by atoms with E-state index in [0.717, 1.165) is 19.4 Å². The number of rotatable bonds is 2. The van der Waals surface area contributed by atoms with Crippen molar-refractivity contribution in [2.75, 3.05) is 13.6 Å². The zero-order valence-corrected chi connectivity index (χ0v) is 8.38. The van der Waals surface area contributed by atoms with Crippen molar-refractivity contribution >= 4 is 5.57 Å². The number of likely N-dealkylation sites (N-methyl/N-ethyl adjacent to an activating group) is 1. The predicted molar refractivity (Wildman–Crippen MR) is 58.3 cm³/mol. The number of aryl methyl sites for hydroxylation is 1. The van der Waals surface area contributed by atoms with Crippen molar-refractivity contribution in [1.82, 2.24) is 5.32 Å². The van der Waals surface area contributed by atoms with Gasteiger partial charge in [-0.2, -0.15) is 0 Å². The molecule has 0 heterocycles. The number of nitrogens with one attached hydrogen (secondary N) is 1. The van der Waals surface area contributed by atoms with Gasteiger partial charge >= 0.3 is 0 Å². The van der Waals surface area contributed by atoms with Gasteiger partial charge in [-0.25, -0.2) is 0 Å². The molecule has 0 spiro atoms. The molecule has 2 rings (SSSR count). The molecule has 0 amide bonds. The lowest BCUT2D eigenvalue weighted by Crippen LogP contribution is -2.12. The molecule has 0 fully saturated rings. The van der Waals surface area contributed by atoms with E-state index >= 15 is 0 Å². The second-order valence-corrected chi connectivity index (χ2v) is 3.64. The molecule has 0 saturated carbocycles. The monoisotopic (exact) mass is 189 g/mol. The van der Waals surface area contributed by atoms with Gasteiger partial charge in [0.2, 0.25) is 0 Å². The van der Waals surface area contributed by atoms with E-state index in [1.165, 1.54) is 16.7 Å². The Balaban J connectivity index is 2.38. The van der Waals surface area contributed by atoms with Crippen LogP contribution in [0.4, 0.5) is 0 Å². The van der Waals surface area contributed by atoms with Crippen LogP contribution >= 0.6 is 0 Å². The lowest BCUT2D eigenvalue weighted by atomic mass is 9.90. The Labute approximate surface area is 84.3 Å². The number of phenolic OH excluding ortho intramolecular Hbond substituents is 1. The number of fused-ring (bicyclic) bond motifs is 1. The van der Waals surface area contributed by atoms with Gasteiger partial charge in [-0.3, -0.25) is 0 Å². The minimum absolute atomic E-state index is 0.370. The fourth-order valence-electron chi connectivity index (χ4n) is 1.97. The van der Waals surface area contributed by atoms with Crippen molar-refractivity contribution in [2.24, 2.45) is 0 Å². The molecule has 1 aliphatic carbocycles. The standard InChI is InChI=1S/C12H15NO/c1-13-8-10-4-2-3-9-7-11(14)5-6-12(9)10/h4-7,13-14H,2-3,8H2,1H3. The zero-order valence-electron chi connectivity index (χ0n) is 8.38. The van der Waals surface area contributed by atoms with E-state index < -0.39 is 0 Å². The maximum Gasteiger partial charge on any atom is 0.115 e. The van der Waals surface area contributed by atoms with Crippen molar-refractivity contribution in [1.29, 1.82) is 0 Å². The second-order valence-electron chi connectivity index (χ2n) is 3.64. The van der Waals surface area contributed by atoms with Gasteiger partial charge in [0.1, 0.15) is 5.75 Å². The van der Waals surface area contributed by atoms with Crippen LogP contribution in [-0.4, -0.2) is 18.7 Å². The third-order valence-electron chi connectivity index (χ3n) is 2.61. The highest BCUT2D eigenvalue weighted by Crippen LogP contribution is 2.28. The van der Waals surface area contributed by atoms with Gasteiger partial charge in [0.25, 0.3) is 0 Å². The van der Waals surface area contributed by atoms with Gasteiger partial charge < -0.3 is 10.4 Å². The van der Waals surface area contributed by atoms with E-state index in [2.05, 4.69) is 11.4 Å². The van der Waals surface area contributed by atoms with Crippen LogP contribution in [0.5, 0.6) is 5.75 Å². The van der Waals surface area contributed by atoms with Gasteiger partial charge in [0.05, 0.1) is 0 Å². The Bertz CT molecular complexity index is 369. The van der Waals surface area contributed by atoms with Crippen molar-refractivity contribution in [2.45, 2.75) is 12.8 Å². The summed E-state index contributed by atoms with van der Waals surface area (Å²) in [4.78, 5) is 0. The molecular formula is C12H15NO. The second kappa shape index (κ2) is 3.84. The highest BCUT2D eigenvalue weighted by Gasteiger charge is 2.11. The van der Waals surface area contributed by atoms with Crippen LogP contribution in [0.25, 0.3) is 5.57 Å². The van der Waals surface area contributed by atoms with Gasteiger partial charge in [-0.1, -0.05) is 12.1 Å². The van der Waals surface area contributed by atoms with Crippen molar-refractivity contribution in [3.05, 3.63) is 35.4 Å². The molecule has 2 N–H and O–H groups in total. The third kappa shape index (κ3) is 1.66. The first-order valence-corrected chi connectivity index (χ1v) is 4.97. The number of phenols is 1. The SMILES string of the molecule is CNCC1=CCCc2cc(O)ccc21. The molecule has 14 heavy (non-hydrogen) atoms. The topological polar surface area (TPSA) is 32.3 Å². The van der Waals surface area contributed by atoms with Crippen LogP contribution in [0.15, 0.2) is 24.3 Å². The van der Waals surface area contributed by atoms with Crippen LogP contribution in [0.1, 0.15) is 17.5 Å². The summed E-state index contributed by atoms with van der Waals surface area (Å²) in [5.41, 5.74) is 3.88. The van der Waals surface area contributed by atoms with E-state index in [9.17, 15) is 5.11 Å². The fraction of sp³-hybridized carbons (Fsp3) is 0.333. The Kier molecular flexibility index (Phi) is 2.55. The van der Waals surface area contributed by atoms with Gasteiger partial charge in [-0.05, 0) is 48.7 Å². The lowest BCUT2D eigenvalue weighted by molar-refractivity contribution is 0.474. The van der Waals surface area contributed by atoms with E-state index in [-0.39, 0.29) is 0 Å². The highest BCUT2D eigenvalue weighted by molar-refractivity contribution is 5.71. The maximum atomic E-state index is 9.37. The summed E-state index contributed by atoms with van der Waals surface area (Å²) in [6, 6.07) is 5.64. The van der Waals surface area contributed by atoms with Crippen molar-refractivity contribution in [3.8, 4) is 5.75 Å². The number of aromatic hydroxyl groups is 1. The summed E-state index contributed by atoms with van der Waals surface area (Å²) >= 11 is 0. The molecule has 74 valence electrons. The van der Waals surface area contributed by atoms with Gasteiger partial charge in [-0.15, -0.1) is 0 Å². The average Bonchev–Trinajstić information content (AvgIpc) is 2.18. The summed E-state index contributed by atoms with van der Waals surface area (Å²) in [5.74, 6) is 0.370. The minimum atomic E-state index is 0.370. The predicted octanol–water partition coefficient (Wildman–Crippen LogP) is 1.94. The largest absolute Gasteiger partial charge is 0.508 e. The molecule has 1 aromatic rings. The van der Waals surface area contributed by atoms with E-state index in [1.54, 1.807) is 6.07 Å². The van der Waals surface area contributed by atoms with Gasteiger partial charge in [0.15, 0.2) is 0 Å². The molecule has 0 aliphatic heterocycles. The molecule has 0 bridgehead atoms. The zero-order chi connectivity index (χ0) is 9.97. The number of allylic oxidation sites excluding steroid dienone is 1. The molecule has 0 unspecified atom stereocenters. The Morgan fingerprint density at radius 2 is 2.29 bits per heavy atom. The summed E-state index contributed by atoms with van der Waals surface area (Å²) < 4.78 is 0. The van der Waals surface area contributed by atoms with Crippen molar-refractivity contribution < 1.29 is 5.11 Å². The summed E-state index contributed by atoms with van der Waals surface area (Å²) in [5, 5.41) is 12.5. The van der Waals surface area contributed by atoms with E-state index in [4.69, 9.17) is 0 Å². The van der Waals surface area contributed by atoms with Crippen LogP contribution in [0, 0.1) is 0 Å². The lowest BCUT2D eigenvalue weighted by Gasteiger charge is -2.17. The minimum Gasteiger partial charge on any atom is -0.508 e. The number of hydrogen-bond donors (Lipinski definition) is 2. The maximum absolute atomic E-state index is 9.37. The van der Waals surface area contributed by atoms with E-state index in [0.29, 0.717) is 5.75 Å². The molecular weight excluding hydrogens is 174 g/mol. The highest BCUT2D eigenvalue weighted by atomic mass is 16.3. The molecule has 1 aromatic carbocycles.